The fourth-order valence-electron chi connectivity index (χ4n) is 2.96. The van der Waals surface area contributed by atoms with Gasteiger partial charge in [-0.25, -0.2) is 0 Å². The second kappa shape index (κ2) is 6.39. The number of likely N-dealkylation sites (tertiary alicyclic amines) is 1. The molecule has 2 rings (SSSR count). The minimum Gasteiger partial charge on any atom is -0.377 e. The Bertz CT molecular complexity index is 414. The first kappa shape index (κ1) is 14.3. The Morgan fingerprint density at radius 3 is 2.95 bits per heavy atom. The lowest BCUT2D eigenvalue weighted by molar-refractivity contribution is 0.00363. The van der Waals surface area contributed by atoms with Crippen LogP contribution < -0.4 is 5.32 Å². The van der Waals surface area contributed by atoms with Crippen molar-refractivity contribution < 1.29 is 4.74 Å². The van der Waals surface area contributed by atoms with E-state index >= 15 is 0 Å². The molecule has 0 radical (unpaired) electrons. The molecule has 0 aliphatic carbocycles. The van der Waals surface area contributed by atoms with Crippen LogP contribution in [0.25, 0.3) is 0 Å². The van der Waals surface area contributed by atoms with Gasteiger partial charge in [-0.3, -0.25) is 9.58 Å². The molecule has 5 heteroatoms. The van der Waals surface area contributed by atoms with Gasteiger partial charge in [0.1, 0.15) is 5.82 Å². The van der Waals surface area contributed by atoms with Gasteiger partial charge < -0.3 is 10.1 Å². The number of ether oxygens (including phenoxy) is 1. The molecule has 1 fully saturated rings. The zero-order chi connectivity index (χ0) is 13.8. The number of aryl methyl sites for hydroxylation is 2. The molecule has 1 aliphatic rings. The Labute approximate surface area is 115 Å². The molecular formula is C14H26N4O. The third kappa shape index (κ3) is 3.28. The van der Waals surface area contributed by atoms with Gasteiger partial charge in [0.15, 0.2) is 0 Å². The molecule has 108 valence electrons. The van der Waals surface area contributed by atoms with Gasteiger partial charge in [0, 0.05) is 39.4 Å². The Kier molecular flexibility index (Phi) is 4.82. The van der Waals surface area contributed by atoms with Crippen molar-refractivity contribution >= 4 is 5.82 Å². The van der Waals surface area contributed by atoms with Gasteiger partial charge in [0.2, 0.25) is 0 Å². The number of hydrogen-bond acceptors (Lipinski definition) is 4. The number of nitrogens with zero attached hydrogens (tertiary/aromatic N) is 3. The molecule has 1 atom stereocenters. The van der Waals surface area contributed by atoms with E-state index in [1.807, 2.05) is 18.8 Å². The second-order valence-electron chi connectivity index (χ2n) is 5.24. The van der Waals surface area contributed by atoms with Crippen molar-refractivity contribution in [2.45, 2.75) is 39.3 Å². The Balaban J connectivity index is 2.04. The van der Waals surface area contributed by atoms with E-state index in [9.17, 15) is 0 Å². The van der Waals surface area contributed by atoms with E-state index in [1.54, 1.807) is 0 Å². The molecule has 1 N–H and O–H groups in total. The number of anilines is 1. The minimum absolute atomic E-state index is 0.397. The molecular weight excluding hydrogens is 240 g/mol. The average molecular weight is 266 g/mol. The van der Waals surface area contributed by atoms with Gasteiger partial charge in [0.05, 0.1) is 11.8 Å². The Morgan fingerprint density at radius 2 is 2.26 bits per heavy atom. The number of rotatable bonds is 5. The Hall–Kier alpha value is -1.07. The van der Waals surface area contributed by atoms with E-state index < -0.39 is 0 Å². The standard InChI is InChI=1S/C14H26N4O/c1-5-19-12-7-6-8-18(9-12)10-13-11(2)16-17(4)14(13)15-3/h12,15H,5-10H2,1-4H3. The Morgan fingerprint density at radius 1 is 1.47 bits per heavy atom. The SMILES string of the molecule is CCOC1CCCN(Cc2c(C)nn(C)c2NC)C1. The molecule has 1 aromatic rings. The lowest BCUT2D eigenvalue weighted by atomic mass is 10.1. The van der Waals surface area contributed by atoms with Crippen LogP contribution in [0.4, 0.5) is 5.82 Å². The van der Waals surface area contributed by atoms with Crippen molar-refractivity contribution in [3.63, 3.8) is 0 Å². The monoisotopic (exact) mass is 266 g/mol. The first-order valence-electron chi connectivity index (χ1n) is 7.19. The highest BCUT2D eigenvalue weighted by Gasteiger charge is 2.22. The third-order valence-corrected chi connectivity index (χ3v) is 3.83. The first-order chi connectivity index (χ1) is 9.15. The van der Waals surface area contributed by atoms with Crippen LogP contribution in [-0.4, -0.2) is 47.5 Å². The summed E-state index contributed by atoms with van der Waals surface area (Å²) in [5.74, 6) is 1.12. The molecule has 0 aromatic carbocycles. The van der Waals surface area contributed by atoms with Crippen LogP contribution in [0.2, 0.25) is 0 Å². The summed E-state index contributed by atoms with van der Waals surface area (Å²) in [5.41, 5.74) is 2.42. The molecule has 0 bridgehead atoms. The fourth-order valence-corrected chi connectivity index (χ4v) is 2.96. The van der Waals surface area contributed by atoms with Crippen LogP contribution in [0.5, 0.6) is 0 Å². The molecule has 1 aromatic heterocycles. The molecule has 1 aliphatic heterocycles. The van der Waals surface area contributed by atoms with E-state index in [1.165, 1.54) is 18.4 Å². The molecule has 19 heavy (non-hydrogen) atoms. The maximum absolute atomic E-state index is 5.76. The van der Waals surface area contributed by atoms with Crippen LogP contribution in [0.15, 0.2) is 0 Å². The maximum atomic E-state index is 5.76. The van der Waals surface area contributed by atoms with E-state index in [4.69, 9.17) is 4.74 Å². The highest BCUT2D eigenvalue weighted by molar-refractivity contribution is 5.46. The smallest absolute Gasteiger partial charge is 0.128 e. The van der Waals surface area contributed by atoms with Crippen LogP contribution >= 0.6 is 0 Å². The van der Waals surface area contributed by atoms with Crippen molar-refractivity contribution in [3.8, 4) is 0 Å². The number of piperidine rings is 1. The van der Waals surface area contributed by atoms with E-state index in [0.717, 1.165) is 37.8 Å². The van der Waals surface area contributed by atoms with Crippen molar-refractivity contribution in [2.24, 2.45) is 7.05 Å². The molecule has 0 spiro atoms. The van der Waals surface area contributed by atoms with Gasteiger partial charge in [-0.1, -0.05) is 0 Å². The van der Waals surface area contributed by atoms with Crippen LogP contribution in [0, 0.1) is 6.92 Å². The zero-order valence-corrected chi connectivity index (χ0v) is 12.6. The maximum Gasteiger partial charge on any atom is 0.128 e. The highest BCUT2D eigenvalue weighted by atomic mass is 16.5. The van der Waals surface area contributed by atoms with Crippen LogP contribution in [-0.2, 0) is 18.3 Å². The van der Waals surface area contributed by atoms with Crippen LogP contribution in [0.3, 0.4) is 0 Å². The third-order valence-electron chi connectivity index (χ3n) is 3.83. The predicted octanol–water partition coefficient (Wildman–Crippen LogP) is 1.77. The summed E-state index contributed by atoms with van der Waals surface area (Å²) in [6, 6.07) is 0. The summed E-state index contributed by atoms with van der Waals surface area (Å²) < 4.78 is 7.69. The summed E-state index contributed by atoms with van der Waals surface area (Å²) in [6.07, 6.45) is 2.81. The lowest BCUT2D eigenvalue weighted by Crippen LogP contribution is -2.39. The number of nitrogens with one attached hydrogen (secondary N) is 1. The highest BCUT2D eigenvalue weighted by Crippen LogP contribution is 2.22. The van der Waals surface area contributed by atoms with Gasteiger partial charge in [-0.2, -0.15) is 5.10 Å². The van der Waals surface area contributed by atoms with E-state index in [2.05, 4.69) is 29.2 Å². The number of hydrogen-bond donors (Lipinski definition) is 1. The summed E-state index contributed by atoms with van der Waals surface area (Å²) >= 11 is 0. The molecule has 2 heterocycles. The first-order valence-corrected chi connectivity index (χ1v) is 7.19. The summed E-state index contributed by atoms with van der Waals surface area (Å²) in [4.78, 5) is 2.48. The molecule has 1 unspecified atom stereocenters. The summed E-state index contributed by atoms with van der Waals surface area (Å²) in [7, 11) is 3.95. The fraction of sp³-hybridized carbons (Fsp3) is 0.786. The van der Waals surface area contributed by atoms with Crippen LogP contribution in [0.1, 0.15) is 31.0 Å². The summed E-state index contributed by atoms with van der Waals surface area (Å²) in [5, 5.41) is 7.75. The lowest BCUT2D eigenvalue weighted by Gasteiger charge is -2.32. The topological polar surface area (TPSA) is 42.3 Å². The van der Waals surface area contributed by atoms with E-state index in [-0.39, 0.29) is 0 Å². The average Bonchev–Trinajstić information content (AvgIpc) is 2.65. The molecule has 1 saturated heterocycles. The molecule has 0 saturated carbocycles. The quantitative estimate of drug-likeness (QED) is 0.882. The summed E-state index contributed by atoms with van der Waals surface area (Å²) in [6.45, 7) is 8.11. The van der Waals surface area contributed by atoms with E-state index in [0.29, 0.717) is 6.10 Å². The second-order valence-corrected chi connectivity index (χ2v) is 5.24. The van der Waals surface area contributed by atoms with Gasteiger partial charge >= 0.3 is 0 Å². The number of aromatic nitrogens is 2. The molecule has 0 amide bonds. The van der Waals surface area contributed by atoms with Gasteiger partial charge in [-0.05, 0) is 33.2 Å². The van der Waals surface area contributed by atoms with Gasteiger partial charge in [-0.15, -0.1) is 0 Å². The van der Waals surface area contributed by atoms with Crippen molar-refractivity contribution in [3.05, 3.63) is 11.3 Å². The predicted molar refractivity (Wildman–Crippen MR) is 77.4 cm³/mol. The molecule has 5 nitrogen and oxygen atoms in total. The van der Waals surface area contributed by atoms with Crippen molar-refractivity contribution in [2.75, 3.05) is 32.1 Å². The van der Waals surface area contributed by atoms with Crippen molar-refractivity contribution in [1.29, 1.82) is 0 Å². The largest absolute Gasteiger partial charge is 0.377 e. The van der Waals surface area contributed by atoms with Crippen molar-refractivity contribution in [1.82, 2.24) is 14.7 Å². The normalized spacial score (nSPS) is 20.7. The minimum atomic E-state index is 0.397. The zero-order valence-electron chi connectivity index (χ0n) is 12.6. The van der Waals surface area contributed by atoms with Gasteiger partial charge in [0.25, 0.3) is 0 Å².